The summed E-state index contributed by atoms with van der Waals surface area (Å²) in [6.07, 6.45) is 4.14. The monoisotopic (exact) mass is 371 g/mol. The summed E-state index contributed by atoms with van der Waals surface area (Å²) < 4.78 is 0. The number of piperazine rings is 1. The third kappa shape index (κ3) is 4.16. The van der Waals surface area contributed by atoms with E-state index in [1.807, 2.05) is 30.0 Å². The molecule has 2 aliphatic rings. The van der Waals surface area contributed by atoms with Gasteiger partial charge in [-0.3, -0.25) is 4.79 Å². The van der Waals surface area contributed by atoms with Crippen LogP contribution in [0.3, 0.4) is 0 Å². The van der Waals surface area contributed by atoms with Crippen LogP contribution in [0, 0.1) is 5.92 Å². The minimum atomic E-state index is -0.348. The highest BCUT2D eigenvalue weighted by Crippen LogP contribution is 2.33. The first-order valence-electron chi connectivity index (χ1n) is 8.55. The van der Waals surface area contributed by atoms with Crippen molar-refractivity contribution in [1.82, 2.24) is 4.90 Å². The lowest BCUT2D eigenvalue weighted by atomic mass is 9.74. The second-order valence-corrected chi connectivity index (χ2v) is 7.53. The van der Waals surface area contributed by atoms with Crippen molar-refractivity contribution in [1.29, 1.82) is 0 Å². The number of benzene rings is 1. The molecule has 1 aliphatic carbocycles. The van der Waals surface area contributed by atoms with Crippen LogP contribution in [0.5, 0.6) is 0 Å². The van der Waals surface area contributed by atoms with E-state index in [1.165, 1.54) is 0 Å². The van der Waals surface area contributed by atoms with E-state index in [0.29, 0.717) is 0 Å². The van der Waals surface area contributed by atoms with Gasteiger partial charge in [0, 0.05) is 42.4 Å². The average molecular weight is 372 g/mol. The molecule has 1 aliphatic heterocycles. The molecule has 2 atom stereocenters. The Labute approximate surface area is 155 Å². The molecule has 2 fully saturated rings. The van der Waals surface area contributed by atoms with Crippen LogP contribution in [0.4, 0.5) is 5.69 Å². The normalized spacial score (nSPS) is 27.5. The topological polar surface area (TPSA) is 49.6 Å². The lowest BCUT2D eigenvalue weighted by Crippen LogP contribution is -2.57. The Bertz CT molecular complexity index is 571. The molecule has 2 unspecified atom stereocenters. The van der Waals surface area contributed by atoms with Crippen molar-refractivity contribution >= 4 is 35.6 Å². The summed E-state index contributed by atoms with van der Waals surface area (Å²) >= 11 is 6.07. The van der Waals surface area contributed by atoms with Crippen LogP contribution in [0.15, 0.2) is 24.3 Å². The van der Waals surface area contributed by atoms with Crippen molar-refractivity contribution in [2.45, 2.75) is 38.1 Å². The number of hydrogen-bond acceptors (Lipinski definition) is 3. The van der Waals surface area contributed by atoms with Crippen molar-refractivity contribution < 1.29 is 4.79 Å². The smallest absolute Gasteiger partial charge is 0.227 e. The Morgan fingerprint density at radius 1 is 1.25 bits per heavy atom. The summed E-state index contributed by atoms with van der Waals surface area (Å²) in [6.45, 7) is 5.26. The first-order chi connectivity index (χ1) is 11.0. The van der Waals surface area contributed by atoms with E-state index in [4.69, 9.17) is 17.3 Å². The second-order valence-electron chi connectivity index (χ2n) is 7.10. The zero-order valence-electron chi connectivity index (χ0n) is 14.2. The maximum atomic E-state index is 12.9. The number of hydrogen-bond donors (Lipinski definition) is 1. The van der Waals surface area contributed by atoms with E-state index in [1.54, 1.807) is 0 Å². The van der Waals surface area contributed by atoms with Gasteiger partial charge in [0.25, 0.3) is 0 Å². The number of amides is 1. The first kappa shape index (κ1) is 19.4. The molecule has 4 nitrogen and oxygen atoms in total. The van der Waals surface area contributed by atoms with Crippen LogP contribution in [0.2, 0.25) is 5.02 Å². The number of carbonyl (C=O) groups is 1. The third-order valence-corrected chi connectivity index (χ3v) is 5.55. The molecule has 0 bridgehead atoms. The average Bonchev–Trinajstić information content (AvgIpc) is 2.54. The Morgan fingerprint density at radius 3 is 2.58 bits per heavy atom. The molecule has 1 aromatic rings. The molecule has 0 spiro atoms. The quantitative estimate of drug-likeness (QED) is 0.867. The van der Waals surface area contributed by atoms with Gasteiger partial charge >= 0.3 is 0 Å². The van der Waals surface area contributed by atoms with Gasteiger partial charge in [-0.25, -0.2) is 0 Å². The van der Waals surface area contributed by atoms with Crippen molar-refractivity contribution in [2.24, 2.45) is 11.7 Å². The number of anilines is 1. The van der Waals surface area contributed by atoms with E-state index >= 15 is 0 Å². The van der Waals surface area contributed by atoms with Gasteiger partial charge < -0.3 is 15.5 Å². The van der Waals surface area contributed by atoms with E-state index in [0.717, 1.165) is 62.6 Å². The highest BCUT2D eigenvalue weighted by Gasteiger charge is 2.40. The molecule has 1 saturated carbocycles. The largest absolute Gasteiger partial charge is 0.368 e. The van der Waals surface area contributed by atoms with Crippen LogP contribution in [-0.2, 0) is 4.79 Å². The van der Waals surface area contributed by atoms with Gasteiger partial charge in [0.05, 0.1) is 5.92 Å². The zero-order chi connectivity index (χ0) is 16.4. The Morgan fingerprint density at radius 2 is 1.96 bits per heavy atom. The van der Waals surface area contributed by atoms with Crippen LogP contribution in [0.1, 0.15) is 32.6 Å². The summed E-state index contributed by atoms with van der Waals surface area (Å²) in [6, 6.07) is 7.91. The fourth-order valence-corrected chi connectivity index (χ4v) is 4.03. The van der Waals surface area contributed by atoms with Crippen molar-refractivity contribution in [2.75, 3.05) is 31.1 Å². The van der Waals surface area contributed by atoms with E-state index in [2.05, 4.69) is 11.0 Å². The maximum Gasteiger partial charge on any atom is 0.227 e. The molecule has 3 rings (SSSR count). The molecular formula is C18H27Cl2N3O. The summed E-state index contributed by atoms with van der Waals surface area (Å²) in [7, 11) is 0. The molecular weight excluding hydrogens is 345 g/mol. The third-order valence-electron chi connectivity index (χ3n) is 5.32. The van der Waals surface area contributed by atoms with E-state index < -0.39 is 0 Å². The minimum Gasteiger partial charge on any atom is -0.368 e. The minimum absolute atomic E-state index is 0. The molecule has 0 radical (unpaired) electrons. The highest BCUT2D eigenvalue weighted by atomic mass is 35.5. The lowest BCUT2D eigenvalue weighted by Gasteiger charge is -2.42. The molecule has 1 amide bonds. The number of carbonyl (C=O) groups excluding carboxylic acids is 1. The molecule has 1 aromatic carbocycles. The summed E-state index contributed by atoms with van der Waals surface area (Å²) in [5.74, 6) is 0.231. The van der Waals surface area contributed by atoms with Gasteiger partial charge in [0.15, 0.2) is 0 Å². The van der Waals surface area contributed by atoms with Gasteiger partial charge in [0.1, 0.15) is 0 Å². The fourth-order valence-electron chi connectivity index (χ4n) is 3.84. The summed E-state index contributed by atoms with van der Waals surface area (Å²) in [5, 5.41) is 0.752. The highest BCUT2D eigenvalue weighted by molar-refractivity contribution is 6.30. The summed E-state index contributed by atoms with van der Waals surface area (Å²) in [4.78, 5) is 17.2. The standard InChI is InChI=1S/C18H26ClN3O.ClH/c1-18(20)8-3-2-7-16(18)17(23)22-11-9-21(10-12-22)15-6-4-5-14(19)13-15;/h4-6,13,16H,2-3,7-12,20H2,1H3;1H. The predicted molar refractivity (Wildman–Crippen MR) is 102 cm³/mol. The summed E-state index contributed by atoms with van der Waals surface area (Å²) in [5.41, 5.74) is 7.17. The van der Waals surface area contributed by atoms with Gasteiger partial charge in [-0.05, 0) is 38.0 Å². The van der Waals surface area contributed by atoms with Crippen LogP contribution in [0.25, 0.3) is 0 Å². The molecule has 1 saturated heterocycles. The van der Waals surface area contributed by atoms with Gasteiger partial charge in [-0.15, -0.1) is 12.4 Å². The molecule has 134 valence electrons. The first-order valence-corrected chi connectivity index (χ1v) is 8.93. The number of halogens is 2. The second kappa shape index (κ2) is 7.94. The molecule has 24 heavy (non-hydrogen) atoms. The molecule has 2 N–H and O–H groups in total. The SMILES string of the molecule is CC1(N)CCCCC1C(=O)N1CCN(c2cccc(Cl)c2)CC1.Cl. The van der Waals surface area contributed by atoms with Crippen LogP contribution < -0.4 is 10.6 Å². The number of nitrogens with two attached hydrogens (primary N) is 1. The Kier molecular flexibility index (Phi) is 6.40. The molecule has 6 heteroatoms. The number of rotatable bonds is 2. The van der Waals surface area contributed by atoms with Crippen molar-refractivity contribution in [3.63, 3.8) is 0 Å². The Balaban J connectivity index is 0.00000208. The predicted octanol–water partition coefficient (Wildman–Crippen LogP) is 3.32. The maximum absolute atomic E-state index is 12.9. The van der Waals surface area contributed by atoms with Crippen molar-refractivity contribution in [3.05, 3.63) is 29.3 Å². The van der Waals surface area contributed by atoms with E-state index in [9.17, 15) is 4.79 Å². The fraction of sp³-hybridized carbons (Fsp3) is 0.611. The Hall–Kier alpha value is -0.970. The van der Waals surface area contributed by atoms with E-state index in [-0.39, 0.29) is 29.8 Å². The molecule has 1 heterocycles. The number of nitrogens with zero attached hydrogens (tertiary/aromatic N) is 2. The lowest BCUT2D eigenvalue weighted by molar-refractivity contribution is -0.139. The van der Waals surface area contributed by atoms with Crippen LogP contribution >= 0.6 is 24.0 Å². The molecule has 0 aromatic heterocycles. The van der Waals surface area contributed by atoms with Crippen LogP contribution in [-0.4, -0.2) is 42.5 Å². The van der Waals surface area contributed by atoms with Gasteiger partial charge in [-0.1, -0.05) is 30.5 Å². The zero-order valence-corrected chi connectivity index (χ0v) is 15.8. The van der Waals surface area contributed by atoms with Crippen molar-refractivity contribution in [3.8, 4) is 0 Å². The van der Waals surface area contributed by atoms with Gasteiger partial charge in [-0.2, -0.15) is 0 Å². The van der Waals surface area contributed by atoms with Gasteiger partial charge in [0.2, 0.25) is 5.91 Å².